The molecule has 88 valence electrons. The predicted octanol–water partition coefficient (Wildman–Crippen LogP) is 4.24. The fourth-order valence-electron chi connectivity index (χ4n) is 1.67. The van der Waals surface area contributed by atoms with E-state index in [-0.39, 0.29) is 0 Å². The van der Waals surface area contributed by atoms with E-state index in [4.69, 9.17) is 5.73 Å². The van der Waals surface area contributed by atoms with E-state index in [2.05, 4.69) is 45.9 Å². The van der Waals surface area contributed by atoms with Crippen molar-refractivity contribution in [2.45, 2.75) is 47.0 Å². The van der Waals surface area contributed by atoms with Gasteiger partial charge in [-0.05, 0) is 58.6 Å². The molecule has 0 amide bonds. The molecule has 0 atom stereocenters. The largest absolute Gasteiger partial charge is 0.399 e. The molecule has 1 aliphatic rings. The van der Waals surface area contributed by atoms with Crippen LogP contribution in [-0.2, 0) is 0 Å². The Morgan fingerprint density at radius 1 is 1.19 bits per heavy atom. The molecule has 1 aliphatic carbocycles. The van der Waals surface area contributed by atoms with Gasteiger partial charge < -0.3 is 5.73 Å². The summed E-state index contributed by atoms with van der Waals surface area (Å²) in [6.45, 7) is 8.54. The van der Waals surface area contributed by atoms with E-state index in [0.29, 0.717) is 0 Å². The van der Waals surface area contributed by atoms with Crippen LogP contribution in [0.3, 0.4) is 0 Å². The van der Waals surface area contributed by atoms with Crippen molar-refractivity contribution in [2.75, 3.05) is 0 Å². The van der Waals surface area contributed by atoms with Gasteiger partial charge in [-0.25, -0.2) is 0 Å². The molecule has 0 aliphatic heterocycles. The molecule has 0 radical (unpaired) electrons. The monoisotopic (exact) mass is 217 g/mol. The molecule has 1 nitrogen and oxygen atoms in total. The van der Waals surface area contributed by atoms with E-state index in [1.807, 2.05) is 0 Å². The van der Waals surface area contributed by atoms with Crippen molar-refractivity contribution in [3.05, 3.63) is 46.2 Å². The fourth-order valence-corrected chi connectivity index (χ4v) is 1.67. The maximum absolute atomic E-state index is 6.14. The summed E-state index contributed by atoms with van der Waals surface area (Å²) in [5.41, 5.74) is 12.4. The Kier molecular flexibility index (Phi) is 4.60. The maximum atomic E-state index is 6.14. The third-order valence-electron chi connectivity index (χ3n) is 3.15. The van der Waals surface area contributed by atoms with Gasteiger partial charge in [0.15, 0.2) is 0 Å². The first-order valence-corrected chi connectivity index (χ1v) is 5.97. The Labute approximate surface area is 99.4 Å². The molecule has 0 aromatic rings. The molecule has 0 saturated carbocycles. The van der Waals surface area contributed by atoms with Crippen LogP contribution in [0.15, 0.2) is 46.2 Å². The summed E-state index contributed by atoms with van der Waals surface area (Å²) in [4.78, 5) is 0. The lowest BCUT2D eigenvalue weighted by Gasteiger charge is -2.07. The number of hydrogen-bond donors (Lipinski definition) is 1. The van der Waals surface area contributed by atoms with Crippen LogP contribution in [0.4, 0.5) is 0 Å². The van der Waals surface area contributed by atoms with E-state index < -0.39 is 0 Å². The molecule has 0 aromatic heterocycles. The Morgan fingerprint density at radius 3 is 2.50 bits per heavy atom. The Morgan fingerprint density at radius 2 is 1.88 bits per heavy atom. The van der Waals surface area contributed by atoms with E-state index >= 15 is 0 Å². The summed E-state index contributed by atoms with van der Waals surface area (Å²) in [6, 6.07) is 0. The summed E-state index contributed by atoms with van der Waals surface area (Å²) < 4.78 is 0. The molecule has 0 spiro atoms. The number of hydrogen-bond acceptors (Lipinski definition) is 1. The van der Waals surface area contributed by atoms with Crippen LogP contribution in [0, 0.1) is 0 Å². The molecule has 0 bridgehead atoms. The molecule has 2 N–H and O–H groups in total. The first kappa shape index (κ1) is 12.8. The zero-order chi connectivity index (χ0) is 12.1. The topological polar surface area (TPSA) is 26.0 Å². The molecular formula is C15H23N. The van der Waals surface area contributed by atoms with Gasteiger partial charge >= 0.3 is 0 Å². The minimum Gasteiger partial charge on any atom is -0.399 e. The minimum atomic E-state index is 0.932. The minimum absolute atomic E-state index is 0.932. The normalized spacial score (nSPS) is 17.4. The lowest BCUT2D eigenvalue weighted by atomic mass is 10.0. The molecule has 0 unspecified atom stereocenters. The molecule has 1 heteroatoms. The van der Waals surface area contributed by atoms with Crippen molar-refractivity contribution in [1.29, 1.82) is 0 Å². The number of rotatable bonds is 2. The quantitative estimate of drug-likeness (QED) is 0.543. The summed E-state index contributed by atoms with van der Waals surface area (Å²) in [7, 11) is 0. The van der Waals surface area contributed by atoms with Crippen molar-refractivity contribution >= 4 is 0 Å². The predicted molar refractivity (Wildman–Crippen MR) is 72.0 cm³/mol. The molecule has 0 fully saturated rings. The van der Waals surface area contributed by atoms with Crippen LogP contribution in [0.5, 0.6) is 0 Å². The Balaban J connectivity index is 2.80. The highest BCUT2D eigenvalue weighted by Gasteiger charge is 2.05. The number of nitrogens with two attached hydrogens (primary N) is 1. The van der Waals surface area contributed by atoms with Crippen LogP contribution in [0.25, 0.3) is 0 Å². The Hall–Kier alpha value is -1.24. The second-order valence-corrected chi connectivity index (χ2v) is 4.80. The van der Waals surface area contributed by atoms with E-state index in [1.54, 1.807) is 0 Å². The first-order chi connectivity index (χ1) is 7.50. The lowest BCUT2D eigenvalue weighted by Crippen LogP contribution is -2.02. The second kappa shape index (κ2) is 5.74. The van der Waals surface area contributed by atoms with Crippen molar-refractivity contribution in [3.8, 4) is 0 Å². The zero-order valence-corrected chi connectivity index (χ0v) is 10.9. The van der Waals surface area contributed by atoms with Crippen LogP contribution in [0.1, 0.15) is 47.0 Å². The van der Waals surface area contributed by atoms with Gasteiger partial charge in [-0.2, -0.15) is 0 Å². The van der Waals surface area contributed by atoms with Gasteiger partial charge in [0.25, 0.3) is 0 Å². The molecule has 0 aromatic carbocycles. The number of allylic oxidation sites excluding steroid dienone is 7. The van der Waals surface area contributed by atoms with Gasteiger partial charge in [0.2, 0.25) is 0 Å². The van der Waals surface area contributed by atoms with Crippen LogP contribution < -0.4 is 5.73 Å². The zero-order valence-electron chi connectivity index (χ0n) is 10.9. The highest BCUT2D eigenvalue weighted by Crippen LogP contribution is 2.22. The van der Waals surface area contributed by atoms with Gasteiger partial charge in [0.05, 0.1) is 0 Å². The molecular weight excluding hydrogens is 194 g/mol. The fraction of sp³-hybridized carbons (Fsp3) is 0.467. The highest BCUT2D eigenvalue weighted by atomic mass is 14.6. The van der Waals surface area contributed by atoms with Crippen molar-refractivity contribution in [3.63, 3.8) is 0 Å². The summed E-state index contributed by atoms with van der Waals surface area (Å²) in [5.74, 6) is 0. The lowest BCUT2D eigenvalue weighted by molar-refractivity contribution is 0.933. The van der Waals surface area contributed by atoms with Crippen molar-refractivity contribution < 1.29 is 0 Å². The molecule has 0 heterocycles. The highest BCUT2D eigenvalue weighted by molar-refractivity contribution is 5.37. The smallest absolute Gasteiger partial charge is 0.0346 e. The van der Waals surface area contributed by atoms with E-state index in [9.17, 15) is 0 Å². The average Bonchev–Trinajstić information content (AvgIpc) is 2.42. The average molecular weight is 217 g/mol. The second-order valence-electron chi connectivity index (χ2n) is 4.80. The van der Waals surface area contributed by atoms with Crippen LogP contribution in [0.2, 0.25) is 0 Å². The molecule has 0 saturated heterocycles. The van der Waals surface area contributed by atoms with Gasteiger partial charge in [0.1, 0.15) is 0 Å². The standard InChI is InChI=1S/C15H23N/c1-11(2)13(4)10-15(16)14-7-5-6-12(3)8-9-14/h6-7,10H,5,8-9,16H2,1-4H3/b15-10-. The third-order valence-corrected chi connectivity index (χ3v) is 3.15. The van der Waals surface area contributed by atoms with Gasteiger partial charge in [-0.3, -0.25) is 0 Å². The summed E-state index contributed by atoms with van der Waals surface area (Å²) in [5, 5.41) is 0. The van der Waals surface area contributed by atoms with Gasteiger partial charge in [-0.15, -0.1) is 0 Å². The summed E-state index contributed by atoms with van der Waals surface area (Å²) >= 11 is 0. The first-order valence-electron chi connectivity index (χ1n) is 5.97. The Bertz CT molecular complexity index is 374. The van der Waals surface area contributed by atoms with Gasteiger partial charge in [-0.1, -0.05) is 28.9 Å². The van der Waals surface area contributed by atoms with Crippen molar-refractivity contribution in [2.24, 2.45) is 5.73 Å². The molecule has 16 heavy (non-hydrogen) atoms. The van der Waals surface area contributed by atoms with E-state index in [0.717, 1.165) is 25.0 Å². The third kappa shape index (κ3) is 3.73. The van der Waals surface area contributed by atoms with Crippen LogP contribution in [-0.4, -0.2) is 0 Å². The summed E-state index contributed by atoms with van der Waals surface area (Å²) in [6.07, 6.45) is 9.86. The SMILES string of the molecule is CC1=CCC=C(/C(N)=C/C(C)=C(C)C)CC1. The molecule has 1 rings (SSSR count). The maximum Gasteiger partial charge on any atom is 0.0346 e. The van der Waals surface area contributed by atoms with E-state index in [1.165, 1.54) is 22.3 Å². The van der Waals surface area contributed by atoms with Gasteiger partial charge in [0, 0.05) is 5.70 Å². The van der Waals surface area contributed by atoms with Crippen molar-refractivity contribution in [1.82, 2.24) is 0 Å². The van der Waals surface area contributed by atoms with Crippen LogP contribution >= 0.6 is 0 Å².